The molecule has 2 rings (SSSR count). The highest BCUT2D eigenvalue weighted by atomic mass is 19.2. The third-order valence-corrected chi connectivity index (χ3v) is 2.58. The SMILES string of the molecule is O=C(O)C(NC1CC1)c1cc(F)c(F)cc1F. The molecular formula is C11H10F3NO2. The predicted octanol–water partition coefficient (Wildman–Crippen LogP) is 1.98. The second-order valence-electron chi connectivity index (χ2n) is 4.00. The van der Waals surface area contributed by atoms with Gasteiger partial charge in [-0.25, -0.2) is 13.2 Å². The summed E-state index contributed by atoms with van der Waals surface area (Å²) in [6, 6.07) is -0.408. The summed E-state index contributed by atoms with van der Waals surface area (Å²) in [6.45, 7) is 0. The molecule has 0 spiro atoms. The number of halogens is 3. The highest BCUT2D eigenvalue weighted by Crippen LogP contribution is 2.26. The highest BCUT2D eigenvalue weighted by molar-refractivity contribution is 5.75. The molecule has 1 fully saturated rings. The van der Waals surface area contributed by atoms with Crippen LogP contribution in [-0.4, -0.2) is 17.1 Å². The first kappa shape index (κ1) is 11.9. The maximum atomic E-state index is 13.4. The second kappa shape index (κ2) is 4.37. The Morgan fingerprint density at radius 2 is 1.82 bits per heavy atom. The van der Waals surface area contributed by atoms with Gasteiger partial charge in [-0.05, 0) is 18.9 Å². The Hall–Kier alpha value is -1.56. The molecule has 1 aliphatic carbocycles. The minimum atomic E-state index is -1.35. The van der Waals surface area contributed by atoms with Crippen LogP contribution in [0.15, 0.2) is 12.1 Å². The molecule has 92 valence electrons. The van der Waals surface area contributed by atoms with Crippen molar-refractivity contribution in [2.75, 3.05) is 0 Å². The van der Waals surface area contributed by atoms with Crippen LogP contribution in [0.2, 0.25) is 0 Å². The molecular weight excluding hydrogens is 235 g/mol. The Balaban J connectivity index is 2.34. The summed E-state index contributed by atoms with van der Waals surface area (Å²) in [5, 5.41) is 11.6. The van der Waals surface area contributed by atoms with Crippen LogP contribution in [0.1, 0.15) is 24.4 Å². The van der Waals surface area contributed by atoms with E-state index in [1.54, 1.807) is 0 Å². The molecule has 1 unspecified atom stereocenters. The van der Waals surface area contributed by atoms with E-state index >= 15 is 0 Å². The molecule has 1 atom stereocenters. The quantitative estimate of drug-likeness (QED) is 0.797. The lowest BCUT2D eigenvalue weighted by Gasteiger charge is -2.15. The van der Waals surface area contributed by atoms with Gasteiger partial charge in [0.15, 0.2) is 11.6 Å². The lowest BCUT2D eigenvalue weighted by atomic mass is 10.1. The Bertz CT molecular complexity index is 460. The van der Waals surface area contributed by atoms with Crippen LogP contribution in [0.4, 0.5) is 13.2 Å². The number of carboxylic acid groups (broad SMARTS) is 1. The van der Waals surface area contributed by atoms with Gasteiger partial charge >= 0.3 is 5.97 Å². The molecule has 17 heavy (non-hydrogen) atoms. The van der Waals surface area contributed by atoms with Crippen molar-refractivity contribution >= 4 is 5.97 Å². The van der Waals surface area contributed by atoms with E-state index < -0.39 is 29.5 Å². The Morgan fingerprint density at radius 1 is 1.24 bits per heavy atom. The lowest BCUT2D eigenvalue weighted by molar-refractivity contribution is -0.139. The van der Waals surface area contributed by atoms with Gasteiger partial charge in [-0.3, -0.25) is 10.1 Å². The van der Waals surface area contributed by atoms with Crippen LogP contribution in [-0.2, 0) is 4.79 Å². The Kier molecular flexibility index (Phi) is 3.06. The zero-order valence-electron chi connectivity index (χ0n) is 8.71. The standard InChI is InChI=1S/C11H10F3NO2/c12-7-4-9(14)8(13)3-6(7)10(11(16)17)15-5-1-2-5/h3-5,10,15H,1-2H2,(H,16,17). The summed E-state index contributed by atoms with van der Waals surface area (Å²) in [4.78, 5) is 11.0. The fourth-order valence-corrected chi connectivity index (χ4v) is 1.54. The molecule has 0 radical (unpaired) electrons. The van der Waals surface area contributed by atoms with Crippen LogP contribution >= 0.6 is 0 Å². The van der Waals surface area contributed by atoms with E-state index in [9.17, 15) is 18.0 Å². The summed E-state index contributed by atoms with van der Waals surface area (Å²) in [7, 11) is 0. The molecule has 0 bridgehead atoms. The maximum Gasteiger partial charge on any atom is 0.325 e. The fraction of sp³-hybridized carbons (Fsp3) is 0.364. The molecule has 0 aromatic heterocycles. The first-order chi connectivity index (χ1) is 7.99. The van der Waals surface area contributed by atoms with E-state index in [2.05, 4.69) is 5.32 Å². The van der Waals surface area contributed by atoms with Crippen molar-refractivity contribution in [3.8, 4) is 0 Å². The molecule has 1 saturated carbocycles. The highest BCUT2D eigenvalue weighted by Gasteiger charge is 2.31. The molecule has 1 aromatic rings. The number of benzene rings is 1. The summed E-state index contributed by atoms with van der Waals surface area (Å²) in [5.74, 6) is -4.97. The smallest absolute Gasteiger partial charge is 0.325 e. The number of rotatable bonds is 4. The number of carbonyl (C=O) groups is 1. The lowest BCUT2D eigenvalue weighted by Crippen LogP contribution is -2.31. The van der Waals surface area contributed by atoms with Gasteiger partial charge in [-0.15, -0.1) is 0 Å². The van der Waals surface area contributed by atoms with Crippen LogP contribution in [0.3, 0.4) is 0 Å². The van der Waals surface area contributed by atoms with Gasteiger partial charge in [0.05, 0.1) is 0 Å². The molecule has 0 heterocycles. The largest absolute Gasteiger partial charge is 0.480 e. The van der Waals surface area contributed by atoms with Crippen molar-refractivity contribution in [3.63, 3.8) is 0 Å². The third-order valence-electron chi connectivity index (χ3n) is 2.58. The van der Waals surface area contributed by atoms with Gasteiger partial charge in [0.1, 0.15) is 11.9 Å². The molecule has 2 N–H and O–H groups in total. The summed E-state index contributed by atoms with van der Waals surface area (Å²) >= 11 is 0. The topological polar surface area (TPSA) is 49.3 Å². The van der Waals surface area contributed by atoms with Crippen LogP contribution in [0.5, 0.6) is 0 Å². The third kappa shape index (κ3) is 2.58. The average molecular weight is 245 g/mol. The molecule has 0 aliphatic heterocycles. The summed E-state index contributed by atoms with van der Waals surface area (Å²) in [5.41, 5.74) is -0.386. The number of hydrogen-bond donors (Lipinski definition) is 2. The summed E-state index contributed by atoms with van der Waals surface area (Å²) < 4.78 is 39.1. The van der Waals surface area contributed by atoms with E-state index in [4.69, 9.17) is 5.11 Å². The molecule has 6 heteroatoms. The Morgan fingerprint density at radius 3 is 2.35 bits per heavy atom. The van der Waals surface area contributed by atoms with Gasteiger partial charge in [-0.2, -0.15) is 0 Å². The second-order valence-corrected chi connectivity index (χ2v) is 4.00. The average Bonchev–Trinajstić information content (AvgIpc) is 3.04. The molecule has 1 aromatic carbocycles. The maximum absolute atomic E-state index is 13.4. The summed E-state index contributed by atoms with van der Waals surface area (Å²) in [6.07, 6.45) is 1.60. The normalized spacial score (nSPS) is 16.9. The van der Waals surface area contributed by atoms with E-state index in [0.717, 1.165) is 12.8 Å². The predicted molar refractivity (Wildman–Crippen MR) is 52.9 cm³/mol. The van der Waals surface area contributed by atoms with Gasteiger partial charge in [0.2, 0.25) is 0 Å². The van der Waals surface area contributed by atoms with Crippen molar-refractivity contribution in [3.05, 3.63) is 35.1 Å². The zero-order valence-corrected chi connectivity index (χ0v) is 8.71. The van der Waals surface area contributed by atoms with E-state index in [-0.39, 0.29) is 11.6 Å². The molecule has 3 nitrogen and oxygen atoms in total. The number of aliphatic carboxylic acids is 1. The minimum absolute atomic E-state index is 0.00335. The molecule has 1 aliphatic rings. The van der Waals surface area contributed by atoms with Crippen LogP contribution in [0.25, 0.3) is 0 Å². The van der Waals surface area contributed by atoms with Gasteiger partial charge in [-0.1, -0.05) is 0 Å². The van der Waals surface area contributed by atoms with Crippen LogP contribution < -0.4 is 5.32 Å². The molecule has 0 saturated heterocycles. The number of nitrogens with one attached hydrogen (secondary N) is 1. The van der Waals surface area contributed by atoms with Gasteiger partial charge in [0.25, 0.3) is 0 Å². The van der Waals surface area contributed by atoms with Crippen molar-refractivity contribution in [1.82, 2.24) is 5.32 Å². The van der Waals surface area contributed by atoms with E-state index in [1.807, 2.05) is 0 Å². The van der Waals surface area contributed by atoms with Gasteiger partial charge < -0.3 is 5.11 Å². The first-order valence-corrected chi connectivity index (χ1v) is 5.12. The number of hydrogen-bond acceptors (Lipinski definition) is 2. The van der Waals surface area contributed by atoms with Crippen molar-refractivity contribution < 1.29 is 23.1 Å². The number of carboxylic acids is 1. The van der Waals surface area contributed by atoms with E-state index in [0.29, 0.717) is 12.1 Å². The monoisotopic (exact) mass is 245 g/mol. The van der Waals surface area contributed by atoms with Crippen molar-refractivity contribution in [2.45, 2.75) is 24.9 Å². The zero-order chi connectivity index (χ0) is 12.6. The van der Waals surface area contributed by atoms with Crippen molar-refractivity contribution in [2.24, 2.45) is 0 Å². The molecule has 0 amide bonds. The van der Waals surface area contributed by atoms with Crippen molar-refractivity contribution in [1.29, 1.82) is 0 Å². The Labute approximate surface area is 95.3 Å². The minimum Gasteiger partial charge on any atom is -0.480 e. The van der Waals surface area contributed by atoms with E-state index in [1.165, 1.54) is 0 Å². The van der Waals surface area contributed by atoms with Gasteiger partial charge in [0, 0.05) is 17.7 Å². The fourth-order valence-electron chi connectivity index (χ4n) is 1.54. The first-order valence-electron chi connectivity index (χ1n) is 5.12. The van der Waals surface area contributed by atoms with Crippen LogP contribution in [0, 0.1) is 17.5 Å².